The standard InChI is InChI=1S/C20H22BrN3O/c21-14-4-5-16-17(10-14)24(18(25)20(16)6-7-20)15-11-19(12-15,13-22)23-8-2-1-3-9-23/h4-5,10,15H,1-3,6-9,11-12H2/t15-,19+. The van der Waals surface area contributed by atoms with Gasteiger partial charge in [-0.2, -0.15) is 5.26 Å². The van der Waals surface area contributed by atoms with Gasteiger partial charge in [0.1, 0.15) is 5.54 Å². The van der Waals surface area contributed by atoms with Crippen molar-refractivity contribution >= 4 is 27.5 Å². The summed E-state index contributed by atoms with van der Waals surface area (Å²) in [5.41, 5.74) is 1.68. The maximum Gasteiger partial charge on any atom is 0.237 e. The molecule has 2 aliphatic heterocycles. The Bertz CT molecular complexity index is 783. The number of piperidine rings is 1. The highest BCUT2D eigenvalue weighted by Gasteiger charge is 2.63. The Morgan fingerprint density at radius 3 is 2.52 bits per heavy atom. The van der Waals surface area contributed by atoms with E-state index in [1.54, 1.807) is 0 Å². The highest BCUT2D eigenvalue weighted by molar-refractivity contribution is 9.10. The number of nitrogens with zero attached hydrogens (tertiary/aromatic N) is 3. The first kappa shape index (κ1) is 15.8. The average molecular weight is 400 g/mol. The van der Waals surface area contributed by atoms with Gasteiger partial charge >= 0.3 is 0 Å². The SMILES string of the molecule is N#C[C@]1(N2CCCCC2)C[C@@H](N2C(=O)C3(CC3)c3ccc(Br)cc32)C1. The fourth-order valence-electron chi connectivity index (χ4n) is 5.18. The van der Waals surface area contributed by atoms with Crippen LogP contribution in [0.25, 0.3) is 0 Å². The number of hydrogen-bond donors (Lipinski definition) is 0. The van der Waals surface area contributed by atoms with E-state index in [-0.39, 0.29) is 22.9 Å². The molecule has 5 heteroatoms. The zero-order chi connectivity index (χ0) is 17.2. The number of fused-ring (bicyclic) bond motifs is 2. The maximum absolute atomic E-state index is 13.2. The van der Waals surface area contributed by atoms with Crippen molar-refractivity contribution in [2.24, 2.45) is 0 Å². The Morgan fingerprint density at radius 1 is 1.16 bits per heavy atom. The smallest absolute Gasteiger partial charge is 0.237 e. The molecule has 1 spiro atoms. The van der Waals surface area contributed by atoms with Crippen LogP contribution in [0.15, 0.2) is 22.7 Å². The molecule has 2 saturated carbocycles. The molecule has 3 fully saturated rings. The maximum atomic E-state index is 13.2. The van der Waals surface area contributed by atoms with Crippen LogP contribution in [0.1, 0.15) is 50.5 Å². The van der Waals surface area contributed by atoms with Crippen molar-refractivity contribution in [1.82, 2.24) is 4.90 Å². The van der Waals surface area contributed by atoms with E-state index < -0.39 is 0 Å². The summed E-state index contributed by atoms with van der Waals surface area (Å²) < 4.78 is 1.02. The summed E-state index contributed by atoms with van der Waals surface area (Å²) in [5, 5.41) is 9.87. The molecule has 5 rings (SSSR count). The van der Waals surface area contributed by atoms with Gasteiger partial charge in [-0.3, -0.25) is 9.69 Å². The van der Waals surface area contributed by atoms with Gasteiger partial charge in [-0.15, -0.1) is 0 Å². The van der Waals surface area contributed by atoms with Gasteiger partial charge in [0, 0.05) is 29.0 Å². The Labute approximate surface area is 156 Å². The van der Waals surface area contributed by atoms with Crippen molar-refractivity contribution in [2.75, 3.05) is 18.0 Å². The van der Waals surface area contributed by atoms with Crippen molar-refractivity contribution < 1.29 is 4.79 Å². The second-order valence-electron chi connectivity index (χ2n) is 8.17. The van der Waals surface area contributed by atoms with Crippen molar-refractivity contribution in [3.63, 3.8) is 0 Å². The predicted molar refractivity (Wildman–Crippen MR) is 99.3 cm³/mol. The van der Waals surface area contributed by atoms with E-state index in [0.717, 1.165) is 48.9 Å². The van der Waals surface area contributed by atoms with Gasteiger partial charge in [-0.25, -0.2) is 0 Å². The van der Waals surface area contributed by atoms with Crippen molar-refractivity contribution in [3.05, 3.63) is 28.2 Å². The lowest BCUT2D eigenvalue weighted by Crippen LogP contribution is -2.64. The molecule has 1 aromatic rings. The lowest BCUT2D eigenvalue weighted by molar-refractivity contribution is -0.121. The van der Waals surface area contributed by atoms with Gasteiger partial charge in [0.25, 0.3) is 0 Å². The summed E-state index contributed by atoms with van der Waals surface area (Å²) in [6, 6.07) is 9.02. The number of carbonyl (C=O) groups excluding carboxylic acids is 1. The van der Waals surface area contributed by atoms with E-state index >= 15 is 0 Å². The summed E-state index contributed by atoms with van der Waals surface area (Å²) in [4.78, 5) is 17.6. The van der Waals surface area contributed by atoms with Gasteiger partial charge < -0.3 is 4.90 Å². The van der Waals surface area contributed by atoms with E-state index in [1.165, 1.54) is 24.8 Å². The molecule has 4 nitrogen and oxygen atoms in total. The third-order valence-electron chi connectivity index (χ3n) is 6.79. The van der Waals surface area contributed by atoms with Crippen LogP contribution in [0.4, 0.5) is 5.69 Å². The molecule has 0 N–H and O–H groups in total. The minimum atomic E-state index is -0.350. The topological polar surface area (TPSA) is 47.3 Å². The fraction of sp³-hybridized carbons (Fsp3) is 0.600. The minimum absolute atomic E-state index is 0.169. The number of rotatable bonds is 2. The van der Waals surface area contributed by atoms with E-state index in [4.69, 9.17) is 0 Å². The largest absolute Gasteiger partial charge is 0.308 e. The molecule has 0 bridgehead atoms. The fourth-order valence-corrected chi connectivity index (χ4v) is 5.53. The summed E-state index contributed by atoms with van der Waals surface area (Å²) in [6.45, 7) is 2.06. The molecule has 1 saturated heterocycles. The molecule has 130 valence electrons. The first-order valence-corrected chi connectivity index (χ1v) is 10.2. The summed E-state index contributed by atoms with van der Waals surface area (Å²) in [5.74, 6) is 0.274. The van der Waals surface area contributed by atoms with E-state index in [1.807, 2.05) is 11.0 Å². The molecular formula is C20H22BrN3O. The van der Waals surface area contributed by atoms with Crippen molar-refractivity contribution in [2.45, 2.75) is 61.9 Å². The summed E-state index contributed by atoms with van der Waals surface area (Å²) in [6.07, 6.45) is 7.17. The van der Waals surface area contributed by atoms with Crippen LogP contribution >= 0.6 is 15.9 Å². The lowest BCUT2D eigenvalue weighted by Gasteiger charge is -2.53. The number of amides is 1. The van der Waals surface area contributed by atoms with Crippen molar-refractivity contribution in [1.29, 1.82) is 5.26 Å². The molecular weight excluding hydrogens is 378 g/mol. The highest BCUT2D eigenvalue weighted by atomic mass is 79.9. The number of benzene rings is 1. The average Bonchev–Trinajstić information content (AvgIpc) is 3.36. The van der Waals surface area contributed by atoms with Gasteiger partial charge in [0.05, 0.1) is 11.5 Å². The number of halogens is 1. The zero-order valence-corrected chi connectivity index (χ0v) is 15.9. The van der Waals surface area contributed by atoms with Crippen LogP contribution in [-0.2, 0) is 10.2 Å². The summed E-state index contributed by atoms with van der Waals surface area (Å²) >= 11 is 3.56. The van der Waals surface area contributed by atoms with E-state index in [9.17, 15) is 10.1 Å². The van der Waals surface area contributed by atoms with Crippen molar-refractivity contribution in [3.8, 4) is 6.07 Å². The van der Waals surface area contributed by atoms with Gasteiger partial charge in [-0.05, 0) is 56.5 Å². The number of nitriles is 1. The first-order chi connectivity index (χ1) is 12.1. The molecule has 2 heterocycles. The molecule has 1 aromatic carbocycles. The quantitative estimate of drug-likeness (QED) is 0.760. The van der Waals surface area contributed by atoms with Crippen LogP contribution in [0.3, 0.4) is 0 Å². The van der Waals surface area contributed by atoms with Crippen LogP contribution in [0.5, 0.6) is 0 Å². The summed E-state index contributed by atoms with van der Waals surface area (Å²) in [7, 11) is 0. The Kier molecular flexibility index (Phi) is 3.37. The molecule has 1 amide bonds. The number of carbonyl (C=O) groups is 1. The molecule has 2 aliphatic carbocycles. The zero-order valence-electron chi connectivity index (χ0n) is 14.3. The highest BCUT2D eigenvalue weighted by Crippen LogP contribution is 2.60. The first-order valence-electron chi connectivity index (χ1n) is 9.40. The Hall–Kier alpha value is -1.38. The third kappa shape index (κ3) is 2.10. The van der Waals surface area contributed by atoms with E-state index in [0.29, 0.717) is 0 Å². The minimum Gasteiger partial charge on any atom is -0.308 e. The molecule has 0 atom stereocenters. The molecule has 25 heavy (non-hydrogen) atoms. The van der Waals surface area contributed by atoms with Gasteiger partial charge in [-0.1, -0.05) is 28.4 Å². The number of likely N-dealkylation sites (tertiary alicyclic amines) is 1. The second kappa shape index (κ2) is 5.31. The molecule has 0 radical (unpaired) electrons. The lowest BCUT2D eigenvalue weighted by atomic mass is 9.70. The van der Waals surface area contributed by atoms with E-state index in [2.05, 4.69) is 39.0 Å². The predicted octanol–water partition coefficient (Wildman–Crippen LogP) is 3.74. The molecule has 0 aromatic heterocycles. The van der Waals surface area contributed by atoms with Crippen LogP contribution in [-0.4, -0.2) is 35.5 Å². The Morgan fingerprint density at radius 2 is 1.88 bits per heavy atom. The normalized spacial score (nSPS) is 33.0. The van der Waals surface area contributed by atoms with Gasteiger partial charge in [0.15, 0.2) is 0 Å². The number of anilines is 1. The van der Waals surface area contributed by atoms with Gasteiger partial charge in [0.2, 0.25) is 5.91 Å². The molecule has 4 aliphatic rings. The third-order valence-corrected chi connectivity index (χ3v) is 7.29. The van der Waals surface area contributed by atoms with Crippen LogP contribution in [0, 0.1) is 11.3 Å². The number of hydrogen-bond acceptors (Lipinski definition) is 3. The molecule has 0 unspecified atom stereocenters. The van der Waals surface area contributed by atoms with Crippen LogP contribution < -0.4 is 4.90 Å². The Balaban J connectivity index is 1.43. The monoisotopic (exact) mass is 399 g/mol. The van der Waals surface area contributed by atoms with Crippen LogP contribution in [0.2, 0.25) is 0 Å². The second-order valence-corrected chi connectivity index (χ2v) is 9.09.